The molecule has 21 heavy (non-hydrogen) atoms. The molecule has 0 aliphatic heterocycles. The van der Waals surface area contributed by atoms with Gasteiger partial charge in [0, 0.05) is 12.1 Å². The Balaban J connectivity index is 2.86. The van der Waals surface area contributed by atoms with Crippen molar-refractivity contribution in [2.75, 3.05) is 6.61 Å². The number of nitro groups is 1. The molecule has 1 aromatic carbocycles. The molecule has 0 heterocycles. The second-order valence-electron chi connectivity index (χ2n) is 4.94. The van der Waals surface area contributed by atoms with Crippen LogP contribution in [0.3, 0.4) is 0 Å². The molecule has 1 rings (SSSR count). The maximum atomic E-state index is 11.1. The number of carbonyl (C=O) groups is 1. The first-order valence-electron chi connectivity index (χ1n) is 6.74. The molecule has 2 N–H and O–H groups in total. The molecular formula is C14H20N2O5. The van der Waals surface area contributed by atoms with Crippen LogP contribution in [0.4, 0.5) is 5.69 Å². The van der Waals surface area contributed by atoms with Gasteiger partial charge < -0.3 is 9.84 Å². The second-order valence-corrected chi connectivity index (χ2v) is 4.94. The highest BCUT2D eigenvalue weighted by Gasteiger charge is 2.22. The smallest absolute Gasteiger partial charge is 0.324 e. The second kappa shape index (κ2) is 7.58. The summed E-state index contributed by atoms with van der Waals surface area (Å²) in [6.45, 7) is 5.34. The number of aliphatic carboxylic acids is 1. The van der Waals surface area contributed by atoms with Crippen LogP contribution in [0.15, 0.2) is 18.2 Å². The molecular weight excluding hydrogens is 276 g/mol. The van der Waals surface area contributed by atoms with Crippen LogP contribution < -0.4 is 10.1 Å². The van der Waals surface area contributed by atoms with Crippen molar-refractivity contribution in [3.8, 4) is 5.75 Å². The minimum absolute atomic E-state index is 0.0350. The van der Waals surface area contributed by atoms with Gasteiger partial charge >= 0.3 is 11.7 Å². The first-order chi connectivity index (χ1) is 9.85. The van der Waals surface area contributed by atoms with Crippen LogP contribution in [0.5, 0.6) is 5.75 Å². The van der Waals surface area contributed by atoms with Crippen molar-refractivity contribution in [3.63, 3.8) is 0 Å². The van der Waals surface area contributed by atoms with Gasteiger partial charge in [0.2, 0.25) is 0 Å². The molecule has 0 saturated carbocycles. The van der Waals surface area contributed by atoms with Gasteiger partial charge in [-0.15, -0.1) is 0 Å². The lowest BCUT2D eigenvalue weighted by molar-refractivity contribution is -0.385. The van der Waals surface area contributed by atoms with E-state index in [0.29, 0.717) is 6.42 Å². The number of ether oxygens (including phenoxy) is 1. The summed E-state index contributed by atoms with van der Waals surface area (Å²) in [6.07, 6.45) is 0.674. The SMILES string of the molecule is CCc1ccc(OCC(NC(C)C)C(=O)O)c([N+](=O)[O-])c1. The lowest BCUT2D eigenvalue weighted by Gasteiger charge is -2.17. The highest BCUT2D eigenvalue weighted by Crippen LogP contribution is 2.28. The summed E-state index contributed by atoms with van der Waals surface area (Å²) in [4.78, 5) is 21.6. The minimum atomic E-state index is -1.06. The van der Waals surface area contributed by atoms with Crippen molar-refractivity contribution in [2.24, 2.45) is 0 Å². The molecule has 1 unspecified atom stereocenters. The Morgan fingerprint density at radius 1 is 1.48 bits per heavy atom. The number of nitro benzene ring substituents is 1. The molecule has 116 valence electrons. The molecule has 0 spiro atoms. The molecule has 0 bridgehead atoms. The van der Waals surface area contributed by atoms with E-state index in [9.17, 15) is 14.9 Å². The largest absolute Gasteiger partial charge is 0.485 e. The molecule has 0 aromatic heterocycles. The summed E-state index contributed by atoms with van der Waals surface area (Å²) in [5.41, 5.74) is 0.673. The lowest BCUT2D eigenvalue weighted by atomic mass is 10.1. The number of nitrogens with zero attached hydrogens (tertiary/aromatic N) is 1. The Morgan fingerprint density at radius 2 is 2.14 bits per heavy atom. The van der Waals surface area contributed by atoms with E-state index in [0.717, 1.165) is 5.56 Å². The van der Waals surface area contributed by atoms with E-state index >= 15 is 0 Å². The summed E-state index contributed by atoms with van der Waals surface area (Å²) < 4.78 is 5.34. The predicted octanol–water partition coefficient (Wildman–Crippen LogP) is 1.99. The number of hydrogen-bond donors (Lipinski definition) is 2. The summed E-state index contributed by atoms with van der Waals surface area (Å²) in [5.74, 6) is -0.981. The fourth-order valence-corrected chi connectivity index (χ4v) is 1.81. The van der Waals surface area contributed by atoms with Crippen LogP contribution in [-0.2, 0) is 11.2 Å². The highest BCUT2D eigenvalue weighted by molar-refractivity contribution is 5.73. The van der Waals surface area contributed by atoms with Crippen LogP contribution >= 0.6 is 0 Å². The van der Waals surface area contributed by atoms with E-state index in [1.165, 1.54) is 12.1 Å². The Hall–Kier alpha value is -2.15. The van der Waals surface area contributed by atoms with Gasteiger partial charge in [-0.1, -0.05) is 26.8 Å². The maximum Gasteiger partial charge on any atom is 0.324 e. The van der Waals surface area contributed by atoms with Gasteiger partial charge in [0.15, 0.2) is 5.75 Å². The van der Waals surface area contributed by atoms with Gasteiger partial charge in [0.05, 0.1) is 4.92 Å². The van der Waals surface area contributed by atoms with Crippen molar-refractivity contribution < 1.29 is 19.6 Å². The van der Waals surface area contributed by atoms with E-state index in [1.54, 1.807) is 6.07 Å². The number of aryl methyl sites for hydroxylation is 1. The van der Waals surface area contributed by atoms with Crippen LogP contribution in [-0.4, -0.2) is 34.7 Å². The number of hydrogen-bond acceptors (Lipinski definition) is 5. The van der Waals surface area contributed by atoms with Crippen LogP contribution in [0.25, 0.3) is 0 Å². The molecule has 7 nitrogen and oxygen atoms in total. The van der Waals surface area contributed by atoms with Crippen molar-refractivity contribution in [1.82, 2.24) is 5.32 Å². The summed E-state index contributed by atoms with van der Waals surface area (Å²) in [7, 11) is 0. The van der Waals surface area contributed by atoms with Crippen molar-refractivity contribution >= 4 is 11.7 Å². The average molecular weight is 296 g/mol. The average Bonchev–Trinajstić information content (AvgIpc) is 2.42. The maximum absolute atomic E-state index is 11.1. The Kier molecular flexibility index (Phi) is 6.10. The van der Waals surface area contributed by atoms with Gasteiger partial charge in [-0.25, -0.2) is 0 Å². The van der Waals surface area contributed by atoms with Gasteiger partial charge in [0.25, 0.3) is 0 Å². The Morgan fingerprint density at radius 3 is 2.62 bits per heavy atom. The van der Waals surface area contributed by atoms with E-state index in [2.05, 4.69) is 5.32 Å². The highest BCUT2D eigenvalue weighted by atomic mass is 16.6. The van der Waals surface area contributed by atoms with E-state index in [-0.39, 0.29) is 24.1 Å². The number of carboxylic acid groups (broad SMARTS) is 1. The zero-order valence-electron chi connectivity index (χ0n) is 12.3. The molecule has 0 aliphatic rings. The van der Waals surface area contributed by atoms with Crippen LogP contribution in [0.2, 0.25) is 0 Å². The first-order valence-corrected chi connectivity index (χ1v) is 6.74. The molecule has 1 atom stereocenters. The first kappa shape index (κ1) is 16.9. The number of rotatable bonds is 8. The molecule has 0 saturated heterocycles. The monoisotopic (exact) mass is 296 g/mol. The van der Waals surface area contributed by atoms with Crippen molar-refractivity contribution in [3.05, 3.63) is 33.9 Å². The van der Waals surface area contributed by atoms with Gasteiger partial charge in [-0.2, -0.15) is 0 Å². The van der Waals surface area contributed by atoms with E-state index in [4.69, 9.17) is 9.84 Å². The standard InChI is InChI=1S/C14H20N2O5/c1-4-10-5-6-13(12(7-10)16(19)20)21-8-11(14(17)18)15-9(2)3/h5-7,9,11,15H,4,8H2,1-3H3,(H,17,18). The molecule has 1 aromatic rings. The van der Waals surface area contributed by atoms with Gasteiger partial charge in [-0.3, -0.25) is 20.2 Å². The molecule has 0 amide bonds. The predicted molar refractivity (Wildman–Crippen MR) is 77.7 cm³/mol. The number of carboxylic acids is 1. The third-order valence-electron chi connectivity index (χ3n) is 2.87. The Bertz CT molecular complexity index is 516. The third kappa shape index (κ3) is 5.03. The number of nitrogens with one attached hydrogen (secondary N) is 1. The van der Waals surface area contributed by atoms with E-state index < -0.39 is 16.9 Å². The fourth-order valence-electron chi connectivity index (χ4n) is 1.81. The van der Waals surface area contributed by atoms with Gasteiger partial charge in [-0.05, 0) is 18.1 Å². The van der Waals surface area contributed by atoms with Gasteiger partial charge in [0.1, 0.15) is 12.6 Å². The van der Waals surface area contributed by atoms with E-state index in [1.807, 2.05) is 20.8 Å². The molecule has 0 fully saturated rings. The van der Waals surface area contributed by atoms with Crippen molar-refractivity contribution in [2.45, 2.75) is 39.3 Å². The lowest BCUT2D eigenvalue weighted by Crippen LogP contribution is -2.44. The Labute approximate surface area is 123 Å². The molecule has 7 heteroatoms. The summed E-state index contributed by atoms with van der Waals surface area (Å²) in [6, 6.07) is 3.72. The minimum Gasteiger partial charge on any atom is -0.485 e. The molecule has 0 aliphatic carbocycles. The topological polar surface area (TPSA) is 102 Å². The molecule has 0 radical (unpaired) electrons. The van der Waals surface area contributed by atoms with Crippen LogP contribution in [0.1, 0.15) is 26.3 Å². The number of benzene rings is 1. The summed E-state index contributed by atoms with van der Waals surface area (Å²) >= 11 is 0. The fraction of sp³-hybridized carbons (Fsp3) is 0.500. The third-order valence-corrected chi connectivity index (χ3v) is 2.87. The van der Waals surface area contributed by atoms with Crippen LogP contribution in [0, 0.1) is 10.1 Å². The zero-order valence-corrected chi connectivity index (χ0v) is 12.3. The zero-order chi connectivity index (χ0) is 16.0. The summed E-state index contributed by atoms with van der Waals surface area (Å²) in [5, 5.41) is 23.0. The normalized spacial score (nSPS) is 12.2. The quantitative estimate of drug-likeness (QED) is 0.562. The van der Waals surface area contributed by atoms with Crippen molar-refractivity contribution in [1.29, 1.82) is 0 Å².